The maximum Gasteiger partial charge on any atom is 0.241 e. The zero-order chi connectivity index (χ0) is 14.0. The van der Waals surface area contributed by atoms with Gasteiger partial charge in [0.15, 0.2) is 0 Å². The molecule has 2 N–H and O–H groups in total. The summed E-state index contributed by atoms with van der Waals surface area (Å²) < 4.78 is 0.374. The maximum absolute atomic E-state index is 12.3. The fourth-order valence-electron chi connectivity index (χ4n) is 3.04. The molecule has 1 aromatic rings. The second kappa shape index (κ2) is 5.78. The molecule has 1 atom stereocenters. The summed E-state index contributed by atoms with van der Waals surface area (Å²) >= 11 is 1.95. The lowest BCUT2D eigenvalue weighted by Crippen LogP contribution is -2.49. The molecule has 0 aromatic heterocycles. The first kappa shape index (κ1) is 14.0. The van der Waals surface area contributed by atoms with Crippen molar-refractivity contribution in [2.45, 2.75) is 42.9 Å². The Hall–Kier alpha value is -1.00. The summed E-state index contributed by atoms with van der Waals surface area (Å²) in [7, 11) is 0. The number of hydrogen-bond acceptors (Lipinski definition) is 3. The molecule has 3 rings (SSSR count). The fourth-order valence-corrected chi connectivity index (χ4v) is 3.96. The second-order valence-corrected chi connectivity index (χ2v) is 7.13. The van der Waals surface area contributed by atoms with E-state index >= 15 is 0 Å². The van der Waals surface area contributed by atoms with Gasteiger partial charge in [0.2, 0.25) is 5.91 Å². The van der Waals surface area contributed by atoms with Crippen LogP contribution in [-0.2, 0) is 11.2 Å². The van der Waals surface area contributed by atoms with Gasteiger partial charge in [0, 0.05) is 17.0 Å². The van der Waals surface area contributed by atoms with E-state index in [0.717, 1.165) is 25.1 Å². The van der Waals surface area contributed by atoms with Crippen molar-refractivity contribution in [3.05, 3.63) is 29.8 Å². The van der Waals surface area contributed by atoms with Gasteiger partial charge >= 0.3 is 0 Å². The lowest BCUT2D eigenvalue weighted by atomic mass is 9.84. The highest BCUT2D eigenvalue weighted by molar-refractivity contribution is 8.00. The first-order valence-electron chi connectivity index (χ1n) is 7.40. The van der Waals surface area contributed by atoms with E-state index in [9.17, 15) is 4.79 Å². The van der Waals surface area contributed by atoms with E-state index < -0.39 is 0 Å². The Morgan fingerprint density at radius 1 is 1.40 bits per heavy atom. The fraction of sp³-hybridized carbons (Fsp3) is 0.562. The normalized spacial score (nSPS) is 24.2. The first-order chi connectivity index (χ1) is 9.72. The smallest absolute Gasteiger partial charge is 0.241 e. The van der Waals surface area contributed by atoms with E-state index in [1.165, 1.54) is 24.8 Å². The van der Waals surface area contributed by atoms with Crippen molar-refractivity contribution in [1.29, 1.82) is 0 Å². The summed E-state index contributed by atoms with van der Waals surface area (Å²) in [6.45, 7) is 0.947. The van der Waals surface area contributed by atoms with Gasteiger partial charge in [-0.1, -0.05) is 24.6 Å². The first-order valence-corrected chi connectivity index (χ1v) is 8.62. The highest BCUT2D eigenvalue weighted by Gasteiger charge is 2.37. The van der Waals surface area contributed by atoms with Crippen LogP contribution in [0.4, 0.5) is 5.69 Å². The van der Waals surface area contributed by atoms with E-state index in [4.69, 9.17) is 0 Å². The second-order valence-electron chi connectivity index (χ2n) is 5.86. The molecule has 20 heavy (non-hydrogen) atoms. The number of nitrogens with one attached hydrogen (secondary N) is 2. The molecular formula is C16H22N2OS. The monoisotopic (exact) mass is 290 g/mol. The Morgan fingerprint density at radius 2 is 2.20 bits per heavy atom. The molecule has 1 aliphatic carbocycles. The number of fused-ring (bicyclic) bond motifs is 1. The lowest BCUT2D eigenvalue weighted by Gasteiger charge is -2.41. The molecule has 1 aromatic carbocycles. The van der Waals surface area contributed by atoms with Crippen LogP contribution in [0.1, 0.15) is 31.2 Å². The predicted molar refractivity (Wildman–Crippen MR) is 85.3 cm³/mol. The van der Waals surface area contributed by atoms with E-state index in [1.54, 1.807) is 0 Å². The molecule has 0 bridgehead atoms. The van der Waals surface area contributed by atoms with E-state index in [-0.39, 0.29) is 11.9 Å². The third kappa shape index (κ3) is 2.72. The predicted octanol–water partition coefficient (Wildman–Crippen LogP) is 2.82. The lowest BCUT2D eigenvalue weighted by molar-refractivity contribution is -0.118. The van der Waals surface area contributed by atoms with Gasteiger partial charge in [-0.15, -0.1) is 0 Å². The number of rotatable bonds is 4. The summed E-state index contributed by atoms with van der Waals surface area (Å²) in [5, 5.41) is 6.56. The SMILES string of the molecule is CSC1(CNC2CCc3ccccc3NC2=O)CCC1. The maximum atomic E-state index is 12.3. The van der Waals surface area contributed by atoms with Crippen molar-refractivity contribution in [2.24, 2.45) is 0 Å². The Bertz CT molecular complexity index is 493. The number of carbonyl (C=O) groups excluding carboxylic acids is 1. The van der Waals surface area contributed by atoms with Gasteiger partial charge in [0.05, 0.1) is 6.04 Å². The van der Waals surface area contributed by atoms with Crippen molar-refractivity contribution in [2.75, 3.05) is 18.1 Å². The molecule has 1 saturated carbocycles. The summed E-state index contributed by atoms with van der Waals surface area (Å²) in [4.78, 5) is 12.3. The van der Waals surface area contributed by atoms with Crippen LogP contribution in [0, 0.1) is 0 Å². The zero-order valence-corrected chi connectivity index (χ0v) is 12.8. The number of hydrogen-bond donors (Lipinski definition) is 2. The molecule has 3 nitrogen and oxygen atoms in total. The van der Waals surface area contributed by atoms with Crippen LogP contribution in [0.15, 0.2) is 24.3 Å². The minimum absolute atomic E-state index is 0.0629. The van der Waals surface area contributed by atoms with Crippen molar-refractivity contribution in [3.63, 3.8) is 0 Å². The molecule has 1 fully saturated rings. The topological polar surface area (TPSA) is 41.1 Å². The third-order valence-corrected chi connectivity index (χ3v) is 6.08. The van der Waals surface area contributed by atoms with Crippen LogP contribution in [0.3, 0.4) is 0 Å². The molecule has 108 valence electrons. The van der Waals surface area contributed by atoms with E-state index in [2.05, 4.69) is 23.0 Å². The van der Waals surface area contributed by atoms with Crippen LogP contribution in [0.5, 0.6) is 0 Å². The Morgan fingerprint density at radius 3 is 2.90 bits per heavy atom. The van der Waals surface area contributed by atoms with Crippen LogP contribution in [0.25, 0.3) is 0 Å². The average Bonchev–Trinajstić information content (AvgIpc) is 2.57. The quantitative estimate of drug-likeness (QED) is 0.896. The van der Waals surface area contributed by atoms with Gasteiger partial charge in [0.25, 0.3) is 0 Å². The number of aryl methyl sites for hydroxylation is 1. The van der Waals surface area contributed by atoms with Gasteiger partial charge in [-0.05, 0) is 43.6 Å². The van der Waals surface area contributed by atoms with Crippen LogP contribution in [-0.4, -0.2) is 29.5 Å². The zero-order valence-electron chi connectivity index (χ0n) is 11.9. The number of amides is 1. The molecule has 4 heteroatoms. The minimum Gasteiger partial charge on any atom is -0.324 e. The van der Waals surface area contributed by atoms with Gasteiger partial charge in [-0.25, -0.2) is 0 Å². The summed E-state index contributed by atoms with van der Waals surface area (Å²) in [5.41, 5.74) is 2.22. The highest BCUT2D eigenvalue weighted by atomic mass is 32.2. The average molecular weight is 290 g/mol. The number of para-hydroxylation sites is 1. The molecule has 0 spiro atoms. The molecule has 2 aliphatic rings. The third-order valence-electron chi connectivity index (χ3n) is 4.66. The van der Waals surface area contributed by atoms with Gasteiger partial charge in [0.1, 0.15) is 0 Å². The van der Waals surface area contributed by atoms with Gasteiger partial charge < -0.3 is 10.6 Å². The van der Waals surface area contributed by atoms with Gasteiger partial charge in [-0.2, -0.15) is 11.8 Å². The van der Waals surface area contributed by atoms with E-state index in [1.807, 2.05) is 30.0 Å². The highest BCUT2D eigenvalue weighted by Crippen LogP contribution is 2.42. The number of anilines is 1. The summed E-state index contributed by atoms with van der Waals surface area (Å²) in [6.07, 6.45) is 7.90. The van der Waals surface area contributed by atoms with E-state index in [0.29, 0.717) is 4.75 Å². The molecule has 1 amide bonds. The number of carbonyl (C=O) groups is 1. The Balaban J connectivity index is 1.63. The molecule has 1 aliphatic heterocycles. The van der Waals surface area contributed by atoms with Crippen molar-refractivity contribution in [1.82, 2.24) is 5.32 Å². The molecule has 1 unspecified atom stereocenters. The molecule has 0 saturated heterocycles. The van der Waals surface area contributed by atoms with Crippen LogP contribution >= 0.6 is 11.8 Å². The summed E-state index contributed by atoms with van der Waals surface area (Å²) in [6, 6.07) is 8.05. The van der Waals surface area contributed by atoms with Crippen molar-refractivity contribution >= 4 is 23.4 Å². The van der Waals surface area contributed by atoms with Crippen LogP contribution in [0.2, 0.25) is 0 Å². The number of benzene rings is 1. The molecule has 0 radical (unpaired) electrons. The van der Waals surface area contributed by atoms with Crippen LogP contribution < -0.4 is 10.6 Å². The Labute approximate surface area is 124 Å². The van der Waals surface area contributed by atoms with Crippen molar-refractivity contribution < 1.29 is 4.79 Å². The largest absolute Gasteiger partial charge is 0.324 e. The summed E-state index contributed by atoms with van der Waals surface area (Å²) in [5.74, 6) is 0.116. The standard InChI is InChI=1S/C16H22N2OS/c1-20-16(9-4-10-16)11-17-14-8-7-12-5-2-3-6-13(12)18-15(14)19/h2-3,5-6,14,17H,4,7-11H2,1H3,(H,18,19). The molecular weight excluding hydrogens is 268 g/mol. The van der Waals surface area contributed by atoms with Gasteiger partial charge in [-0.3, -0.25) is 4.79 Å². The minimum atomic E-state index is -0.0629. The van der Waals surface area contributed by atoms with Crippen molar-refractivity contribution in [3.8, 4) is 0 Å². The Kier molecular flexibility index (Phi) is 4.03. The molecule has 1 heterocycles. The number of thioether (sulfide) groups is 1.